The smallest absolute Gasteiger partial charge is 0.335 e. The van der Waals surface area contributed by atoms with Crippen molar-refractivity contribution in [1.82, 2.24) is 10.3 Å². The molecule has 2 N–H and O–H groups in total. The molecule has 106 valence electrons. The Morgan fingerprint density at radius 1 is 1.24 bits per heavy atom. The highest BCUT2D eigenvalue weighted by atomic mass is 16.4. The van der Waals surface area contributed by atoms with Gasteiger partial charge in [0.25, 0.3) is 0 Å². The van der Waals surface area contributed by atoms with Crippen LogP contribution in [0, 0.1) is 0 Å². The fraction of sp³-hybridized carbons (Fsp3) is 0.0625. The zero-order chi connectivity index (χ0) is 15.1. The van der Waals surface area contributed by atoms with Crippen LogP contribution in [0.4, 0.5) is 0 Å². The summed E-state index contributed by atoms with van der Waals surface area (Å²) in [5, 5.41) is 11.6. The summed E-state index contributed by atoms with van der Waals surface area (Å²) >= 11 is 0. The van der Waals surface area contributed by atoms with E-state index in [4.69, 9.17) is 5.11 Å². The number of hydrogen-bond donors (Lipinski definition) is 2. The van der Waals surface area contributed by atoms with Crippen LogP contribution < -0.4 is 5.32 Å². The van der Waals surface area contributed by atoms with Gasteiger partial charge < -0.3 is 10.4 Å². The van der Waals surface area contributed by atoms with Gasteiger partial charge in [0, 0.05) is 25.0 Å². The predicted octanol–water partition coefficient (Wildman–Crippen LogP) is 2.11. The lowest BCUT2D eigenvalue weighted by atomic mass is 10.1. The lowest BCUT2D eigenvalue weighted by Gasteiger charge is -2.03. The van der Waals surface area contributed by atoms with Crippen LogP contribution in [0.1, 0.15) is 21.5 Å². The normalized spacial score (nSPS) is 10.5. The van der Waals surface area contributed by atoms with Crippen LogP contribution >= 0.6 is 0 Å². The van der Waals surface area contributed by atoms with Crippen molar-refractivity contribution < 1.29 is 14.7 Å². The Morgan fingerprint density at radius 3 is 2.81 bits per heavy atom. The fourth-order valence-electron chi connectivity index (χ4n) is 1.71. The Hall–Kier alpha value is -2.95. The quantitative estimate of drug-likeness (QED) is 0.823. The third-order valence-electron chi connectivity index (χ3n) is 2.75. The number of carboxylic acids is 1. The van der Waals surface area contributed by atoms with Crippen molar-refractivity contribution in [3.8, 4) is 0 Å². The molecular weight excluding hydrogens is 268 g/mol. The van der Waals surface area contributed by atoms with Crippen molar-refractivity contribution in [2.24, 2.45) is 0 Å². The van der Waals surface area contributed by atoms with Crippen LogP contribution in [0.25, 0.3) is 6.08 Å². The molecule has 0 fully saturated rings. The van der Waals surface area contributed by atoms with Crippen molar-refractivity contribution in [2.45, 2.75) is 6.54 Å². The van der Waals surface area contributed by atoms with Gasteiger partial charge in [-0.25, -0.2) is 4.79 Å². The zero-order valence-corrected chi connectivity index (χ0v) is 11.2. The number of rotatable bonds is 5. The minimum absolute atomic E-state index is 0.202. The molecule has 0 radical (unpaired) electrons. The average molecular weight is 282 g/mol. The molecular formula is C16H14N2O3. The lowest BCUT2D eigenvalue weighted by molar-refractivity contribution is -0.116. The Morgan fingerprint density at radius 2 is 2.10 bits per heavy atom. The maximum absolute atomic E-state index is 11.7. The van der Waals surface area contributed by atoms with Gasteiger partial charge in [-0.2, -0.15) is 0 Å². The number of nitrogens with one attached hydrogen (secondary N) is 1. The van der Waals surface area contributed by atoms with Gasteiger partial charge in [-0.15, -0.1) is 0 Å². The van der Waals surface area contributed by atoms with E-state index in [-0.39, 0.29) is 18.0 Å². The molecule has 0 unspecified atom stereocenters. The van der Waals surface area contributed by atoms with Gasteiger partial charge >= 0.3 is 5.97 Å². The SMILES string of the molecule is O=C(/C=C/c1cccnc1)NCc1cccc(C(=O)O)c1. The standard InChI is InChI=1S/C16H14N2O3/c19-15(7-6-12-4-2-8-17-10-12)18-11-13-3-1-5-14(9-13)16(20)21/h1-10H,11H2,(H,18,19)(H,20,21)/b7-6+. The number of carbonyl (C=O) groups excluding carboxylic acids is 1. The van der Waals surface area contributed by atoms with Gasteiger partial charge in [-0.05, 0) is 35.4 Å². The Bertz CT molecular complexity index is 666. The fourth-order valence-corrected chi connectivity index (χ4v) is 1.71. The molecule has 0 aliphatic rings. The molecule has 5 nitrogen and oxygen atoms in total. The second-order valence-electron chi connectivity index (χ2n) is 4.34. The van der Waals surface area contributed by atoms with Crippen molar-refractivity contribution >= 4 is 18.0 Å². The molecule has 1 aromatic heterocycles. The first-order valence-electron chi connectivity index (χ1n) is 6.33. The van der Waals surface area contributed by atoms with Gasteiger partial charge in [0.05, 0.1) is 5.56 Å². The Labute approximate surface area is 122 Å². The molecule has 21 heavy (non-hydrogen) atoms. The predicted molar refractivity (Wildman–Crippen MR) is 78.5 cm³/mol. The molecule has 2 aromatic rings. The second kappa shape index (κ2) is 7.00. The number of benzene rings is 1. The third kappa shape index (κ3) is 4.58. The molecule has 2 rings (SSSR count). The monoisotopic (exact) mass is 282 g/mol. The number of aromatic nitrogens is 1. The number of nitrogens with zero attached hydrogens (tertiary/aromatic N) is 1. The topological polar surface area (TPSA) is 79.3 Å². The highest BCUT2D eigenvalue weighted by Crippen LogP contribution is 2.05. The van der Waals surface area contributed by atoms with E-state index in [1.54, 1.807) is 36.7 Å². The van der Waals surface area contributed by atoms with Crippen LogP contribution in [0.5, 0.6) is 0 Å². The van der Waals surface area contributed by atoms with Crippen LogP contribution in [0.15, 0.2) is 54.9 Å². The van der Waals surface area contributed by atoms with Gasteiger partial charge in [0.2, 0.25) is 5.91 Å². The molecule has 0 bridgehead atoms. The number of pyridine rings is 1. The highest BCUT2D eigenvalue weighted by Gasteiger charge is 2.03. The number of hydrogen-bond acceptors (Lipinski definition) is 3. The summed E-state index contributed by atoms with van der Waals surface area (Å²) in [4.78, 5) is 26.5. The summed E-state index contributed by atoms with van der Waals surface area (Å²) in [6.45, 7) is 0.275. The van der Waals surface area contributed by atoms with Crippen molar-refractivity contribution in [2.75, 3.05) is 0 Å². The van der Waals surface area contributed by atoms with E-state index in [0.29, 0.717) is 0 Å². The molecule has 0 aliphatic heterocycles. The minimum atomic E-state index is -0.986. The number of amides is 1. The second-order valence-corrected chi connectivity index (χ2v) is 4.34. The van der Waals surface area contributed by atoms with Crippen LogP contribution in [-0.4, -0.2) is 22.0 Å². The van der Waals surface area contributed by atoms with Crippen molar-refractivity contribution in [3.05, 3.63) is 71.6 Å². The number of carbonyl (C=O) groups is 2. The van der Waals surface area contributed by atoms with Crippen LogP contribution in [0.2, 0.25) is 0 Å². The van der Waals surface area contributed by atoms with Gasteiger partial charge in [-0.1, -0.05) is 18.2 Å². The van der Waals surface area contributed by atoms with E-state index in [1.807, 2.05) is 6.07 Å². The van der Waals surface area contributed by atoms with Gasteiger partial charge in [0.1, 0.15) is 0 Å². The molecule has 1 heterocycles. The first kappa shape index (κ1) is 14.5. The van der Waals surface area contributed by atoms with E-state index in [1.165, 1.54) is 18.2 Å². The summed E-state index contributed by atoms with van der Waals surface area (Å²) in [5.41, 5.74) is 1.77. The summed E-state index contributed by atoms with van der Waals surface area (Å²) in [5.74, 6) is -1.24. The molecule has 5 heteroatoms. The summed E-state index contributed by atoms with van der Waals surface area (Å²) in [6.07, 6.45) is 6.39. The number of carboxylic acid groups (broad SMARTS) is 1. The van der Waals surface area contributed by atoms with Crippen molar-refractivity contribution in [3.63, 3.8) is 0 Å². The highest BCUT2D eigenvalue weighted by molar-refractivity contribution is 5.91. The lowest BCUT2D eigenvalue weighted by Crippen LogP contribution is -2.20. The van der Waals surface area contributed by atoms with E-state index >= 15 is 0 Å². The molecule has 0 atom stereocenters. The maximum atomic E-state index is 11.7. The van der Waals surface area contributed by atoms with Gasteiger partial charge in [0.15, 0.2) is 0 Å². The molecule has 0 spiro atoms. The maximum Gasteiger partial charge on any atom is 0.335 e. The Balaban J connectivity index is 1.91. The van der Waals surface area contributed by atoms with Crippen LogP contribution in [-0.2, 0) is 11.3 Å². The van der Waals surface area contributed by atoms with Crippen LogP contribution in [0.3, 0.4) is 0 Å². The molecule has 0 saturated carbocycles. The number of aromatic carboxylic acids is 1. The first-order chi connectivity index (χ1) is 10.1. The zero-order valence-electron chi connectivity index (χ0n) is 11.2. The minimum Gasteiger partial charge on any atom is -0.478 e. The first-order valence-corrected chi connectivity index (χ1v) is 6.33. The average Bonchev–Trinajstić information content (AvgIpc) is 2.52. The van der Waals surface area contributed by atoms with E-state index < -0.39 is 5.97 Å². The molecule has 1 aromatic carbocycles. The van der Waals surface area contributed by atoms with Crippen molar-refractivity contribution in [1.29, 1.82) is 0 Å². The van der Waals surface area contributed by atoms with E-state index in [0.717, 1.165) is 11.1 Å². The largest absolute Gasteiger partial charge is 0.478 e. The van der Waals surface area contributed by atoms with E-state index in [2.05, 4.69) is 10.3 Å². The molecule has 0 saturated heterocycles. The van der Waals surface area contributed by atoms with Gasteiger partial charge in [-0.3, -0.25) is 9.78 Å². The third-order valence-corrected chi connectivity index (χ3v) is 2.75. The summed E-state index contributed by atoms with van der Waals surface area (Å²) < 4.78 is 0. The van der Waals surface area contributed by atoms with E-state index in [9.17, 15) is 9.59 Å². The summed E-state index contributed by atoms with van der Waals surface area (Å²) in [6, 6.07) is 10.1. The molecule has 0 aliphatic carbocycles. The molecule has 1 amide bonds. The summed E-state index contributed by atoms with van der Waals surface area (Å²) in [7, 11) is 0. The Kier molecular flexibility index (Phi) is 4.82.